The molecule has 1 aromatic carbocycles. The van der Waals surface area contributed by atoms with Crippen LogP contribution < -0.4 is 0 Å². The molecule has 3 nitrogen and oxygen atoms in total. The molecule has 4 rings (SSSR count). The fourth-order valence-corrected chi connectivity index (χ4v) is 5.82. The van der Waals surface area contributed by atoms with E-state index < -0.39 is 0 Å². The van der Waals surface area contributed by atoms with E-state index in [0.29, 0.717) is 22.0 Å². The SMILES string of the molecule is Cl.O=C([C@H]1CCc2cc(Cl)c(Cl)cc21)N1CCSC[C@@H]1CN1CCCC1. The maximum Gasteiger partial charge on any atom is 0.230 e. The van der Waals surface area contributed by atoms with Gasteiger partial charge in [0.2, 0.25) is 5.91 Å². The van der Waals surface area contributed by atoms with Gasteiger partial charge in [0.15, 0.2) is 0 Å². The zero-order chi connectivity index (χ0) is 17.4. The molecule has 0 spiro atoms. The van der Waals surface area contributed by atoms with Crippen molar-refractivity contribution >= 4 is 53.3 Å². The van der Waals surface area contributed by atoms with Crippen molar-refractivity contribution in [3.63, 3.8) is 0 Å². The van der Waals surface area contributed by atoms with Crippen LogP contribution in [0.5, 0.6) is 0 Å². The van der Waals surface area contributed by atoms with E-state index in [1.807, 2.05) is 23.9 Å². The van der Waals surface area contributed by atoms with Crippen LogP contribution in [0.1, 0.15) is 36.3 Å². The Hall–Kier alpha value is -0.130. The Kier molecular flexibility index (Phi) is 7.06. The molecule has 0 radical (unpaired) electrons. The number of nitrogens with zero attached hydrogens (tertiary/aromatic N) is 2. The Bertz CT molecular complexity index is 666. The predicted octanol–water partition coefficient (Wildman–Crippen LogP) is 4.48. The van der Waals surface area contributed by atoms with Crippen LogP contribution in [-0.4, -0.2) is 59.4 Å². The van der Waals surface area contributed by atoms with Gasteiger partial charge in [-0.05, 0) is 62.0 Å². The average molecular weight is 436 g/mol. The van der Waals surface area contributed by atoms with Crippen molar-refractivity contribution in [2.45, 2.75) is 37.6 Å². The Balaban J connectivity index is 0.00000196. The summed E-state index contributed by atoms with van der Waals surface area (Å²) in [5, 5.41) is 1.15. The first kappa shape index (κ1) is 20.6. The van der Waals surface area contributed by atoms with Crippen molar-refractivity contribution in [1.82, 2.24) is 9.80 Å². The summed E-state index contributed by atoms with van der Waals surface area (Å²) in [7, 11) is 0. The number of amides is 1. The molecule has 0 unspecified atom stereocenters. The van der Waals surface area contributed by atoms with Crippen molar-refractivity contribution in [2.24, 2.45) is 0 Å². The second-order valence-electron chi connectivity index (χ2n) is 7.32. The molecule has 2 heterocycles. The normalized spacial score (nSPS) is 25.8. The van der Waals surface area contributed by atoms with Crippen molar-refractivity contribution in [1.29, 1.82) is 0 Å². The van der Waals surface area contributed by atoms with Crippen molar-refractivity contribution in [3.05, 3.63) is 33.3 Å². The van der Waals surface area contributed by atoms with Crippen LogP contribution in [0.3, 0.4) is 0 Å². The first-order chi connectivity index (χ1) is 12.1. The van der Waals surface area contributed by atoms with Gasteiger partial charge in [-0.25, -0.2) is 0 Å². The predicted molar refractivity (Wildman–Crippen MR) is 113 cm³/mol. The largest absolute Gasteiger partial charge is 0.336 e. The lowest BCUT2D eigenvalue weighted by atomic mass is 9.99. The summed E-state index contributed by atoms with van der Waals surface area (Å²) in [5.41, 5.74) is 2.28. The third-order valence-corrected chi connectivity index (χ3v) is 7.55. The third kappa shape index (κ3) is 4.15. The van der Waals surface area contributed by atoms with Crippen LogP contribution in [0.15, 0.2) is 12.1 Å². The summed E-state index contributed by atoms with van der Waals surface area (Å²) in [6.07, 6.45) is 4.39. The van der Waals surface area contributed by atoms with E-state index in [2.05, 4.69) is 9.80 Å². The lowest BCUT2D eigenvalue weighted by Gasteiger charge is -2.39. The van der Waals surface area contributed by atoms with E-state index in [1.54, 1.807) is 0 Å². The van der Waals surface area contributed by atoms with E-state index >= 15 is 0 Å². The Morgan fingerprint density at radius 1 is 1.15 bits per heavy atom. The van der Waals surface area contributed by atoms with E-state index in [9.17, 15) is 4.79 Å². The standard InChI is InChI=1S/C19H24Cl2N2OS.ClH/c20-17-9-13-3-4-15(16(13)10-18(17)21)19(24)23-7-8-25-12-14(23)11-22-5-1-2-6-22;/h9-10,14-15H,1-8,11-12H2;1H/t14-,15-;/m0./s1. The third-order valence-electron chi connectivity index (χ3n) is 5.74. The number of rotatable bonds is 3. The fourth-order valence-electron chi connectivity index (χ4n) is 4.42. The summed E-state index contributed by atoms with van der Waals surface area (Å²) in [5.74, 6) is 2.35. The minimum Gasteiger partial charge on any atom is -0.336 e. The number of aryl methyl sites for hydroxylation is 1. The number of fused-ring (bicyclic) bond motifs is 1. The zero-order valence-electron chi connectivity index (χ0n) is 14.8. The highest BCUT2D eigenvalue weighted by molar-refractivity contribution is 7.99. The quantitative estimate of drug-likeness (QED) is 0.699. The highest BCUT2D eigenvalue weighted by atomic mass is 35.5. The van der Waals surface area contributed by atoms with Gasteiger partial charge in [-0.15, -0.1) is 12.4 Å². The summed E-state index contributed by atoms with van der Waals surface area (Å²) in [6, 6.07) is 4.21. The monoisotopic (exact) mass is 434 g/mol. The molecule has 0 aromatic heterocycles. The van der Waals surface area contributed by atoms with Gasteiger partial charge in [-0.2, -0.15) is 11.8 Å². The number of halogens is 3. The number of benzene rings is 1. The molecule has 2 saturated heterocycles. The zero-order valence-corrected chi connectivity index (χ0v) is 17.9. The second kappa shape index (κ2) is 8.91. The van der Waals surface area contributed by atoms with Crippen LogP contribution in [-0.2, 0) is 11.2 Å². The van der Waals surface area contributed by atoms with Crippen LogP contribution in [0.25, 0.3) is 0 Å². The lowest BCUT2D eigenvalue weighted by molar-refractivity contribution is -0.135. The van der Waals surface area contributed by atoms with Gasteiger partial charge in [0.1, 0.15) is 0 Å². The molecular formula is C19H25Cl3N2OS. The molecule has 26 heavy (non-hydrogen) atoms. The van der Waals surface area contributed by atoms with Crippen molar-refractivity contribution in [3.8, 4) is 0 Å². The van der Waals surface area contributed by atoms with E-state index in [-0.39, 0.29) is 18.3 Å². The summed E-state index contributed by atoms with van der Waals surface area (Å²) in [6.45, 7) is 4.27. The molecule has 1 aromatic rings. The molecule has 1 aliphatic carbocycles. The van der Waals surface area contributed by atoms with Gasteiger partial charge in [0.25, 0.3) is 0 Å². The van der Waals surface area contributed by atoms with Gasteiger partial charge in [0, 0.05) is 24.6 Å². The molecule has 0 bridgehead atoms. The van der Waals surface area contributed by atoms with Crippen molar-refractivity contribution in [2.75, 3.05) is 37.7 Å². The van der Waals surface area contributed by atoms with Crippen LogP contribution in [0.4, 0.5) is 0 Å². The Morgan fingerprint density at radius 2 is 1.88 bits per heavy atom. The van der Waals surface area contributed by atoms with Crippen LogP contribution in [0.2, 0.25) is 10.0 Å². The van der Waals surface area contributed by atoms with Crippen LogP contribution in [0, 0.1) is 0 Å². The topological polar surface area (TPSA) is 23.6 Å². The number of carbonyl (C=O) groups excluding carboxylic acids is 1. The molecule has 2 fully saturated rings. The van der Waals surface area contributed by atoms with Crippen molar-refractivity contribution < 1.29 is 4.79 Å². The number of hydrogen-bond donors (Lipinski definition) is 0. The Morgan fingerprint density at radius 3 is 2.65 bits per heavy atom. The maximum absolute atomic E-state index is 13.4. The van der Waals surface area contributed by atoms with Crippen LogP contribution >= 0.6 is 47.4 Å². The van der Waals surface area contributed by atoms with Gasteiger partial charge in [0.05, 0.1) is 22.0 Å². The lowest BCUT2D eigenvalue weighted by Crippen LogP contribution is -2.52. The fraction of sp³-hybridized carbons (Fsp3) is 0.632. The summed E-state index contributed by atoms with van der Waals surface area (Å²) in [4.78, 5) is 18.1. The number of carbonyl (C=O) groups is 1. The first-order valence-electron chi connectivity index (χ1n) is 9.22. The number of hydrogen-bond acceptors (Lipinski definition) is 3. The minimum absolute atomic E-state index is 0. The van der Waals surface area contributed by atoms with Gasteiger partial charge in [-0.3, -0.25) is 4.79 Å². The molecule has 2 atom stereocenters. The molecule has 2 aliphatic heterocycles. The molecule has 7 heteroatoms. The average Bonchev–Trinajstić information content (AvgIpc) is 3.25. The highest BCUT2D eigenvalue weighted by Crippen LogP contribution is 2.39. The molecule has 0 saturated carbocycles. The molecule has 0 N–H and O–H groups in total. The molecular weight excluding hydrogens is 411 g/mol. The smallest absolute Gasteiger partial charge is 0.230 e. The minimum atomic E-state index is -0.0473. The van der Waals surface area contributed by atoms with Gasteiger partial charge >= 0.3 is 0 Å². The van der Waals surface area contributed by atoms with E-state index in [1.165, 1.54) is 31.5 Å². The Labute approximate surface area is 176 Å². The highest BCUT2D eigenvalue weighted by Gasteiger charge is 2.37. The molecule has 144 valence electrons. The maximum atomic E-state index is 13.4. The summed E-state index contributed by atoms with van der Waals surface area (Å²) >= 11 is 14.4. The molecule has 3 aliphatic rings. The number of likely N-dealkylation sites (tertiary alicyclic amines) is 1. The second-order valence-corrected chi connectivity index (χ2v) is 9.29. The van der Waals surface area contributed by atoms with E-state index in [4.69, 9.17) is 23.2 Å². The van der Waals surface area contributed by atoms with Gasteiger partial charge in [-0.1, -0.05) is 23.2 Å². The van der Waals surface area contributed by atoms with Gasteiger partial charge < -0.3 is 9.80 Å². The summed E-state index contributed by atoms with van der Waals surface area (Å²) < 4.78 is 0. The first-order valence-corrected chi connectivity index (χ1v) is 11.1. The number of thioether (sulfide) groups is 1. The van der Waals surface area contributed by atoms with E-state index in [0.717, 1.165) is 43.0 Å². The molecule has 1 amide bonds.